The van der Waals surface area contributed by atoms with Gasteiger partial charge in [0.25, 0.3) is 5.69 Å². The van der Waals surface area contributed by atoms with E-state index < -0.39 is 28.9 Å². The van der Waals surface area contributed by atoms with Crippen LogP contribution in [0.3, 0.4) is 0 Å². The zero-order valence-electron chi connectivity index (χ0n) is 10.1. The van der Waals surface area contributed by atoms with E-state index in [1.807, 2.05) is 0 Å². The molecule has 0 aromatic heterocycles. The molecular formula is C12H11NO6. The summed E-state index contributed by atoms with van der Waals surface area (Å²) in [6, 6.07) is 4.78. The highest BCUT2D eigenvalue weighted by Gasteiger charge is 2.20. The van der Waals surface area contributed by atoms with Crippen molar-refractivity contribution in [2.75, 3.05) is 6.61 Å². The van der Waals surface area contributed by atoms with E-state index in [9.17, 15) is 24.5 Å². The van der Waals surface area contributed by atoms with Gasteiger partial charge in [0.2, 0.25) is 5.78 Å². The second-order valence-electron chi connectivity index (χ2n) is 3.55. The van der Waals surface area contributed by atoms with Crippen LogP contribution in [-0.2, 0) is 14.3 Å². The Balaban J connectivity index is 2.70. The van der Waals surface area contributed by atoms with Crippen molar-refractivity contribution in [2.24, 2.45) is 0 Å². The number of rotatable bonds is 6. The number of nitro groups is 1. The molecule has 0 aliphatic carbocycles. The Hall–Kier alpha value is -2.57. The number of nitrogens with zero attached hydrogens (tertiary/aromatic N) is 1. The van der Waals surface area contributed by atoms with E-state index in [-0.39, 0.29) is 17.9 Å². The fraction of sp³-hybridized carbons (Fsp3) is 0.250. The minimum absolute atomic E-state index is 0.0519. The molecule has 0 aliphatic heterocycles. The van der Waals surface area contributed by atoms with E-state index in [4.69, 9.17) is 0 Å². The number of carbonyl (C=O) groups is 3. The lowest BCUT2D eigenvalue weighted by Gasteiger charge is -2.01. The standard InChI is InChI=1S/C12H11NO6/c1-2-19-12(16)11(15)7-10(14)8-3-5-9(6-4-8)13(17)18/h3-6H,2,7H2,1H3. The molecule has 0 amide bonds. The Morgan fingerprint density at radius 3 is 2.26 bits per heavy atom. The van der Waals surface area contributed by atoms with Crippen molar-refractivity contribution < 1.29 is 24.0 Å². The highest BCUT2D eigenvalue weighted by Crippen LogP contribution is 2.13. The minimum Gasteiger partial charge on any atom is -0.460 e. The largest absolute Gasteiger partial charge is 0.460 e. The maximum Gasteiger partial charge on any atom is 0.375 e. The molecule has 0 radical (unpaired) electrons. The van der Waals surface area contributed by atoms with Crippen molar-refractivity contribution in [3.8, 4) is 0 Å². The first-order chi connectivity index (χ1) is 8.95. The van der Waals surface area contributed by atoms with Crippen LogP contribution in [0.1, 0.15) is 23.7 Å². The third kappa shape index (κ3) is 3.98. The molecule has 0 atom stereocenters. The lowest BCUT2D eigenvalue weighted by molar-refractivity contribution is -0.384. The molecule has 1 aromatic carbocycles. The number of carbonyl (C=O) groups excluding carboxylic acids is 3. The maximum atomic E-state index is 11.6. The zero-order valence-corrected chi connectivity index (χ0v) is 10.1. The summed E-state index contributed by atoms with van der Waals surface area (Å²) < 4.78 is 4.46. The number of nitro benzene ring substituents is 1. The van der Waals surface area contributed by atoms with Crippen LogP contribution in [0.15, 0.2) is 24.3 Å². The fourth-order valence-corrected chi connectivity index (χ4v) is 1.30. The molecule has 0 fully saturated rings. The smallest absolute Gasteiger partial charge is 0.375 e. The molecule has 0 unspecified atom stereocenters. The molecule has 0 spiro atoms. The quantitative estimate of drug-likeness (QED) is 0.192. The van der Waals surface area contributed by atoms with Crippen LogP contribution in [0.2, 0.25) is 0 Å². The fourth-order valence-electron chi connectivity index (χ4n) is 1.30. The van der Waals surface area contributed by atoms with Gasteiger partial charge in [-0.3, -0.25) is 19.7 Å². The van der Waals surface area contributed by atoms with Crippen LogP contribution in [0.25, 0.3) is 0 Å². The third-order valence-electron chi connectivity index (χ3n) is 2.22. The third-order valence-corrected chi connectivity index (χ3v) is 2.22. The van der Waals surface area contributed by atoms with Crippen LogP contribution in [0.5, 0.6) is 0 Å². The van der Waals surface area contributed by atoms with Gasteiger partial charge in [0.1, 0.15) is 0 Å². The molecule has 7 heteroatoms. The first-order valence-electron chi connectivity index (χ1n) is 5.43. The van der Waals surface area contributed by atoms with Crippen molar-refractivity contribution in [2.45, 2.75) is 13.3 Å². The number of esters is 1. The molecule has 1 aromatic rings. The van der Waals surface area contributed by atoms with E-state index in [2.05, 4.69) is 4.74 Å². The average molecular weight is 265 g/mol. The van der Waals surface area contributed by atoms with Gasteiger partial charge in [-0.25, -0.2) is 4.79 Å². The van der Waals surface area contributed by atoms with Gasteiger partial charge in [-0.2, -0.15) is 0 Å². The van der Waals surface area contributed by atoms with E-state index in [0.29, 0.717) is 0 Å². The highest BCUT2D eigenvalue weighted by atomic mass is 16.6. The van der Waals surface area contributed by atoms with Gasteiger partial charge in [0, 0.05) is 17.7 Å². The van der Waals surface area contributed by atoms with E-state index >= 15 is 0 Å². The van der Waals surface area contributed by atoms with Crippen molar-refractivity contribution in [3.63, 3.8) is 0 Å². The van der Waals surface area contributed by atoms with Gasteiger partial charge in [0.05, 0.1) is 18.0 Å². The van der Waals surface area contributed by atoms with E-state index in [0.717, 1.165) is 12.1 Å². The molecule has 0 bridgehead atoms. The van der Waals surface area contributed by atoms with Crippen molar-refractivity contribution in [3.05, 3.63) is 39.9 Å². The van der Waals surface area contributed by atoms with Crippen LogP contribution < -0.4 is 0 Å². The minimum atomic E-state index is -1.06. The molecule has 19 heavy (non-hydrogen) atoms. The van der Waals surface area contributed by atoms with Gasteiger partial charge in [0.15, 0.2) is 5.78 Å². The average Bonchev–Trinajstić information content (AvgIpc) is 2.38. The lowest BCUT2D eigenvalue weighted by Crippen LogP contribution is -2.20. The molecule has 1 rings (SSSR count). The Morgan fingerprint density at radius 1 is 1.21 bits per heavy atom. The van der Waals surface area contributed by atoms with Gasteiger partial charge in [-0.1, -0.05) is 0 Å². The Morgan fingerprint density at radius 2 is 1.79 bits per heavy atom. The molecule has 0 N–H and O–H groups in total. The van der Waals surface area contributed by atoms with Gasteiger partial charge >= 0.3 is 5.97 Å². The number of ether oxygens (including phenoxy) is 1. The molecule has 0 saturated carbocycles. The summed E-state index contributed by atoms with van der Waals surface area (Å²) in [5, 5.41) is 10.4. The van der Waals surface area contributed by atoms with E-state index in [1.165, 1.54) is 12.1 Å². The van der Waals surface area contributed by atoms with Crippen LogP contribution in [-0.4, -0.2) is 29.1 Å². The van der Waals surface area contributed by atoms with Crippen molar-refractivity contribution in [1.82, 2.24) is 0 Å². The molecule has 0 saturated heterocycles. The SMILES string of the molecule is CCOC(=O)C(=O)CC(=O)c1ccc([N+](=O)[O-])cc1. The zero-order chi connectivity index (χ0) is 14.4. The Bertz CT molecular complexity index is 520. The summed E-state index contributed by atoms with van der Waals surface area (Å²) >= 11 is 0. The van der Waals surface area contributed by atoms with Crippen LogP contribution in [0, 0.1) is 10.1 Å². The van der Waals surface area contributed by atoms with Gasteiger partial charge < -0.3 is 4.74 Å². The highest BCUT2D eigenvalue weighted by molar-refractivity contribution is 6.38. The molecule has 7 nitrogen and oxygen atoms in total. The van der Waals surface area contributed by atoms with Gasteiger partial charge in [-0.05, 0) is 19.1 Å². The molecule has 0 heterocycles. The number of ketones is 2. The number of hydrogen-bond donors (Lipinski definition) is 0. The summed E-state index contributed by atoms with van der Waals surface area (Å²) in [5.74, 6) is -2.59. The summed E-state index contributed by atoms with van der Waals surface area (Å²) in [4.78, 5) is 43.8. The Labute approximate surface area is 108 Å². The predicted molar refractivity (Wildman–Crippen MR) is 63.7 cm³/mol. The second-order valence-corrected chi connectivity index (χ2v) is 3.55. The summed E-state index contributed by atoms with van der Waals surface area (Å²) in [6.45, 7) is 1.60. The number of benzene rings is 1. The summed E-state index contributed by atoms with van der Waals surface area (Å²) in [5.41, 5.74) is -0.0310. The lowest BCUT2D eigenvalue weighted by atomic mass is 10.1. The van der Waals surface area contributed by atoms with Gasteiger partial charge in [-0.15, -0.1) is 0 Å². The molecule has 0 aliphatic rings. The van der Waals surface area contributed by atoms with Crippen LogP contribution in [0.4, 0.5) is 5.69 Å². The van der Waals surface area contributed by atoms with Crippen molar-refractivity contribution >= 4 is 23.2 Å². The maximum absolute atomic E-state index is 11.6. The summed E-state index contributed by atoms with van der Waals surface area (Å²) in [6.07, 6.45) is -0.614. The number of Topliss-reactive ketones (excluding diaryl/α,β-unsaturated/α-hetero) is 2. The topological polar surface area (TPSA) is 104 Å². The Kier molecular flexibility index (Phi) is 4.87. The monoisotopic (exact) mass is 265 g/mol. The second kappa shape index (κ2) is 6.39. The van der Waals surface area contributed by atoms with E-state index in [1.54, 1.807) is 6.92 Å². The molecular weight excluding hydrogens is 254 g/mol. The van der Waals surface area contributed by atoms with Crippen molar-refractivity contribution in [1.29, 1.82) is 0 Å². The molecule has 100 valence electrons. The normalized spacial score (nSPS) is 9.74. The first kappa shape index (κ1) is 14.5. The van der Waals surface area contributed by atoms with Crippen LogP contribution >= 0.6 is 0 Å². The first-order valence-corrected chi connectivity index (χ1v) is 5.43. The predicted octanol–water partition coefficient (Wildman–Crippen LogP) is 1.30. The number of non-ortho nitro benzene ring substituents is 1. The summed E-state index contributed by atoms with van der Waals surface area (Å²) in [7, 11) is 0. The number of hydrogen-bond acceptors (Lipinski definition) is 6.